The molecule has 0 atom stereocenters. The molecule has 0 fully saturated rings. The molecule has 148 valence electrons. The van der Waals surface area contributed by atoms with Crippen LogP contribution >= 0.6 is 0 Å². The zero-order valence-corrected chi connectivity index (χ0v) is 17.7. The average Bonchev–Trinajstić information content (AvgIpc) is 3.19. The standard InChI is InChI=1S/C26H24N4/c1-17-10-15-21-22(16-17)30-24(19-11-13-20(14-12-19)26(2,3)4)28-29-25(30)23(27-21)18-8-6-5-7-9-18/h5-16H,1-4H3. The van der Waals surface area contributed by atoms with Crippen LogP contribution in [0.1, 0.15) is 31.9 Å². The van der Waals surface area contributed by atoms with Crippen molar-refractivity contribution in [1.29, 1.82) is 0 Å². The van der Waals surface area contributed by atoms with Crippen molar-refractivity contribution in [3.8, 4) is 22.6 Å². The van der Waals surface area contributed by atoms with Gasteiger partial charge < -0.3 is 0 Å². The summed E-state index contributed by atoms with van der Waals surface area (Å²) in [6.07, 6.45) is 0. The van der Waals surface area contributed by atoms with E-state index in [9.17, 15) is 0 Å². The zero-order chi connectivity index (χ0) is 20.9. The van der Waals surface area contributed by atoms with E-state index in [1.54, 1.807) is 0 Å². The van der Waals surface area contributed by atoms with Crippen LogP contribution in [-0.4, -0.2) is 19.6 Å². The zero-order valence-electron chi connectivity index (χ0n) is 17.7. The van der Waals surface area contributed by atoms with Gasteiger partial charge in [-0.2, -0.15) is 0 Å². The van der Waals surface area contributed by atoms with Crippen molar-refractivity contribution in [2.45, 2.75) is 33.1 Å². The highest BCUT2D eigenvalue weighted by atomic mass is 15.3. The maximum atomic E-state index is 4.94. The molecule has 0 aliphatic heterocycles. The van der Waals surface area contributed by atoms with Crippen LogP contribution in [0.2, 0.25) is 0 Å². The van der Waals surface area contributed by atoms with Crippen LogP contribution in [-0.2, 0) is 5.41 Å². The Morgan fingerprint density at radius 1 is 0.767 bits per heavy atom. The Hall–Kier alpha value is -3.53. The molecule has 5 aromatic rings. The summed E-state index contributed by atoms with van der Waals surface area (Å²) in [6.45, 7) is 8.77. The van der Waals surface area contributed by atoms with E-state index in [1.165, 1.54) is 11.1 Å². The molecule has 0 unspecified atom stereocenters. The summed E-state index contributed by atoms with van der Waals surface area (Å²) in [7, 11) is 0. The van der Waals surface area contributed by atoms with E-state index in [0.29, 0.717) is 0 Å². The molecule has 0 aliphatic rings. The first kappa shape index (κ1) is 18.5. The number of fused-ring (bicyclic) bond motifs is 3. The van der Waals surface area contributed by atoms with Gasteiger partial charge in [-0.3, -0.25) is 4.40 Å². The third-order valence-electron chi connectivity index (χ3n) is 5.54. The average molecular weight is 393 g/mol. The molecular weight excluding hydrogens is 368 g/mol. The number of rotatable bonds is 2. The van der Waals surface area contributed by atoms with Gasteiger partial charge >= 0.3 is 0 Å². The summed E-state index contributed by atoms with van der Waals surface area (Å²) in [4.78, 5) is 4.94. The molecule has 0 spiro atoms. The van der Waals surface area contributed by atoms with Crippen molar-refractivity contribution in [2.24, 2.45) is 0 Å². The first-order valence-corrected chi connectivity index (χ1v) is 10.2. The largest absolute Gasteiger partial charge is 0.271 e. The van der Waals surface area contributed by atoms with Gasteiger partial charge in [-0.1, -0.05) is 81.4 Å². The molecule has 0 saturated heterocycles. The second-order valence-electron chi connectivity index (χ2n) is 8.83. The van der Waals surface area contributed by atoms with Gasteiger partial charge in [0.05, 0.1) is 11.0 Å². The maximum absolute atomic E-state index is 4.94. The Labute approximate surface area is 176 Å². The Morgan fingerprint density at radius 2 is 1.50 bits per heavy atom. The van der Waals surface area contributed by atoms with Gasteiger partial charge in [0.15, 0.2) is 11.5 Å². The predicted molar refractivity (Wildman–Crippen MR) is 123 cm³/mol. The fourth-order valence-corrected chi connectivity index (χ4v) is 3.84. The highest BCUT2D eigenvalue weighted by Crippen LogP contribution is 2.31. The normalized spacial score (nSPS) is 12.0. The minimum Gasteiger partial charge on any atom is -0.271 e. The lowest BCUT2D eigenvalue weighted by Crippen LogP contribution is -2.10. The van der Waals surface area contributed by atoms with Crippen LogP contribution < -0.4 is 0 Å². The van der Waals surface area contributed by atoms with Gasteiger partial charge in [-0.25, -0.2) is 4.98 Å². The summed E-state index contributed by atoms with van der Waals surface area (Å²) in [5, 5.41) is 9.17. The molecule has 30 heavy (non-hydrogen) atoms. The molecule has 2 aromatic heterocycles. The molecule has 5 rings (SSSR count). The lowest BCUT2D eigenvalue weighted by atomic mass is 9.87. The third kappa shape index (κ3) is 3.05. The molecule has 3 aromatic carbocycles. The van der Waals surface area contributed by atoms with Crippen LogP contribution in [0.3, 0.4) is 0 Å². The lowest BCUT2D eigenvalue weighted by Gasteiger charge is -2.19. The van der Waals surface area contributed by atoms with Crippen molar-refractivity contribution in [2.75, 3.05) is 0 Å². The van der Waals surface area contributed by atoms with Crippen LogP contribution in [0.5, 0.6) is 0 Å². The fourth-order valence-electron chi connectivity index (χ4n) is 3.84. The Bertz CT molecular complexity index is 1360. The van der Waals surface area contributed by atoms with Crippen molar-refractivity contribution >= 4 is 16.7 Å². The maximum Gasteiger partial charge on any atom is 0.188 e. The van der Waals surface area contributed by atoms with Crippen LogP contribution in [0.25, 0.3) is 39.3 Å². The van der Waals surface area contributed by atoms with Crippen molar-refractivity contribution in [1.82, 2.24) is 19.6 Å². The molecule has 4 nitrogen and oxygen atoms in total. The van der Waals surface area contributed by atoms with E-state index in [0.717, 1.165) is 39.3 Å². The molecule has 0 radical (unpaired) electrons. The van der Waals surface area contributed by atoms with Crippen molar-refractivity contribution in [3.05, 3.63) is 83.9 Å². The highest BCUT2D eigenvalue weighted by Gasteiger charge is 2.19. The SMILES string of the molecule is Cc1ccc2nc(-c3ccccc3)c3nnc(-c4ccc(C(C)(C)C)cc4)n3c2c1. The van der Waals surface area contributed by atoms with Gasteiger partial charge in [-0.05, 0) is 35.6 Å². The Kier molecular flexibility index (Phi) is 4.17. The second kappa shape index (κ2) is 6.77. The summed E-state index contributed by atoms with van der Waals surface area (Å²) >= 11 is 0. The minimum absolute atomic E-state index is 0.111. The van der Waals surface area contributed by atoms with Crippen LogP contribution in [0.4, 0.5) is 0 Å². The van der Waals surface area contributed by atoms with Gasteiger partial charge in [0.25, 0.3) is 0 Å². The highest BCUT2D eigenvalue weighted by molar-refractivity contribution is 5.88. The monoisotopic (exact) mass is 392 g/mol. The quantitative estimate of drug-likeness (QED) is 0.358. The van der Waals surface area contributed by atoms with E-state index >= 15 is 0 Å². The topological polar surface area (TPSA) is 43.1 Å². The first-order chi connectivity index (χ1) is 14.4. The van der Waals surface area contributed by atoms with Crippen LogP contribution in [0.15, 0.2) is 72.8 Å². The number of benzene rings is 3. The van der Waals surface area contributed by atoms with E-state index in [1.807, 2.05) is 18.2 Å². The minimum atomic E-state index is 0.111. The molecule has 0 N–H and O–H groups in total. The smallest absolute Gasteiger partial charge is 0.188 e. The third-order valence-corrected chi connectivity index (χ3v) is 5.54. The fraction of sp³-hybridized carbons (Fsp3) is 0.192. The van der Waals surface area contributed by atoms with Gasteiger partial charge in [0, 0.05) is 11.1 Å². The van der Waals surface area contributed by atoms with Crippen molar-refractivity contribution < 1.29 is 0 Å². The molecule has 0 aliphatic carbocycles. The van der Waals surface area contributed by atoms with Gasteiger partial charge in [-0.15, -0.1) is 10.2 Å². The predicted octanol–water partition coefficient (Wildman–Crippen LogP) is 6.22. The number of nitrogens with zero attached hydrogens (tertiary/aromatic N) is 4. The number of hydrogen-bond donors (Lipinski definition) is 0. The summed E-state index contributed by atoms with van der Waals surface area (Å²) in [5.74, 6) is 0.834. The summed E-state index contributed by atoms with van der Waals surface area (Å²) < 4.78 is 2.14. The molecule has 4 heteroatoms. The number of hydrogen-bond acceptors (Lipinski definition) is 3. The van der Waals surface area contributed by atoms with E-state index in [4.69, 9.17) is 4.98 Å². The molecule has 0 bridgehead atoms. The molecular formula is C26H24N4. The van der Waals surface area contributed by atoms with Crippen LogP contribution in [0, 0.1) is 6.92 Å². The molecule has 2 heterocycles. The van der Waals surface area contributed by atoms with Gasteiger partial charge in [0.2, 0.25) is 0 Å². The number of aromatic nitrogens is 4. The Balaban J connectivity index is 1.81. The second-order valence-corrected chi connectivity index (χ2v) is 8.83. The molecule has 0 saturated carbocycles. The molecule has 0 amide bonds. The van der Waals surface area contributed by atoms with Gasteiger partial charge in [0.1, 0.15) is 5.69 Å². The van der Waals surface area contributed by atoms with Crippen molar-refractivity contribution in [3.63, 3.8) is 0 Å². The number of aryl methyl sites for hydroxylation is 1. The van der Waals surface area contributed by atoms with E-state index in [2.05, 4.69) is 96.9 Å². The first-order valence-electron chi connectivity index (χ1n) is 10.2. The summed E-state index contributed by atoms with van der Waals surface area (Å²) in [6, 6.07) is 25.2. The Morgan fingerprint density at radius 3 is 2.20 bits per heavy atom. The van der Waals surface area contributed by atoms with E-state index in [-0.39, 0.29) is 5.41 Å². The summed E-state index contributed by atoms with van der Waals surface area (Å²) in [5.41, 5.74) is 8.23. The van der Waals surface area contributed by atoms with E-state index < -0.39 is 0 Å². The lowest BCUT2D eigenvalue weighted by molar-refractivity contribution is 0.590.